The van der Waals surface area contributed by atoms with Gasteiger partial charge in [0.1, 0.15) is 0 Å². The van der Waals surface area contributed by atoms with Crippen molar-refractivity contribution >= 4 is 31.9 Å². The van der Waals surface area contributed by atoms with Crippen molar-refractivity contribution in [2.24, 2.45) is 0 Å². The molecule has 94 valence electrons. The summed E-state index contributed by atoms with van der Waals surface area (Å²) in [5, 5.41) is 0.861. The minimum absolute atomic E-state index is 0.176. The Morgan fingerprint density at radius 3 is 2.65 bits per heavy atom. The molecule has 1 unspecified atom stereocenters. The Kier molecular flexibility index (Phi) is 5.51. The predicted octanol–water partition coefficient (Wildman–Crippen LogP) is 5.23. The van der Waals surface area contributed by atoms with Gasteiger partial charge in [0.15, 0.2) is 0 Å². The van der Waals surface area contributed by atoms with E-state index >= 15 is 0 Å². The summed E-state index contributed by atoms with van der Waals surface area (Å²) in [5.74, 6) is 0. The van der Waals surface area contributed by atoms with Crippen molar-refractivity contribution in [1.29, 1.82) is 0 Å². The smallest absolute Gasteiger partial charge is 0.0925 e. The average Bonchev–Trinajstić information content (AvgIpc) is 2.37. The number of benzene rings is 1. The Hall–Kier alpha value is 0.140. The lowest BCUT2D eigenvalue weighted by Gasteiger charge is -2.27. The third kappa shape index (κ3) is 4.08. The Bertz CT molecular complexity index is 348. The van der Waals surface area contributed by atoms with Gasteiger partial charge in [-0.15, -0.1) is 0 Å². The zero-order valence-electron chi connectivity index (χ0n) is 9.87. The van der Waals surface area contributed by atoms with Crippen molar-refractivity contribution in [1.82, 2.24) is 0 Å². The highest BCUT2D eigenvalue weighted by molar-refractivity contribution is 9.10. The van der Waals surface area contributed by atoms with E-state index in [9.17, 15) is 0 Å². The van der Waals surface area contributed by atoms with Crippen LogP contribution in [0, 0.1) is 0 Å². The summed E-state index contributed by atoms with van der Waals surface area (Å²) in [6.07, 6.45) is 7.07. The summed E-state index contributed by atoms with van der Waals surface area (Å²) in [7, 11) is 0. The van der Waals surface area contributed by atoms with Crippen molar-refractivity contribution in [2.75, 3.05) is 5.33 Å². The first kappa shape index (κ1) is 13.6. The zero-order chi connectivity index (χ0) is 12.1. The number of ether oxygens (including phenoxy) is 1. The lowest BCUT2D eigenvalue weighted by molar-refractivity contribution is -0.0193. The highest BCUT2D eigenvalue weighted by atomic mass is 79.9. The monoisotopic (exact) mass is 360 g/mol. The quantitative estimate of drug-likeness (QED) is 0.666. The van der Waals surface area contributed by atoms with E-state index < -0.39 is 0 Å². The number of alkyl halides is 1. The molecule has 1 aliphatic carbocycles. The van der Waals surface area contributed by atoms with E-state index in [0.29, 0.717) is 6.10 Å². The molecule has 0 heterocycles. The molecule has 0 saturated heterocycles. The van der Waals surface area contributed by atoms with Crippen molar-refractivity contribution in [3.8, 4) is 0 Å². The van der Waals surface area contributed by atoms with Crippen LogP contribution in [0.5, 0.6) is 0 Å². The zero-order valence-corrected chi connectivity index (χ0v) is 13.0. The maximum atomic E-state index is 6.21. The van der Waals surface area contributed by atoms with Gasteiger partial charge in [0.25, 0.3) is 0 Å². The van der Waals surface area contributed by atoms with E-state index in [4.69, 9.17) is 4.74 Å². The molecule has 17 heavy (non-hydrogen) atoms. The van der Waals surface area contributed by atoms with Crippen LogP contribution < -0.4 is 0 Å². The van der Waals surface area contributed by atoms with Gasteiger partial charge >= 0.3 is 0 Å². The fourth-order valence-corrected chi connectivity index (χ4v) is 3.29. The fraction of sp³-hybridized carbons (Fsp3) is 0.571. The Labute approximate surface area is 120 Å². The van der Waals surface area contributed by atoms with Gasteiger partial charge in [-0.25, -0.2) is 0 Å². The summed E-state index contributed by atoms with van der Waals surface area (Å²) in [6.45, 7) is 0. The molecule has 1 saturated carbocycles. The third-order valence-corrected chi connectivity index (χ3v) is 4.35. The van der Waals surface area contributed by atoms with Crippen molar-refractivity contribution in [3.63, 3.8) is 0 Å². The second-order valence-electron chi connectivity index (χ2n) is 4.59. The first-order valence-electron chi connectivity index (χ1n) is 6.26. The molecule has 1 nitrogen and oxygen atoms in total. The normalized spacial score (nSPS) is 19.2. The molecular weight excluding hydrogens is 344 g/mol. The van der Waals surface area contributed by atoms with E-state index in [0.717, 1.165) is 9.80 Å². The van der Waals surface area contributed by atoms with Gasteiger partial charge in [0.2, 0.25) is 0 Å². The SMILES string of the molecule is BrCC(OC1CCCCC1)c1cccc(Br)c1. The van der Waals surface area contributed by atoms with Gasteiger partial charge in [-0.05, 0) is 30.5 Å². The minimum atomic E-state index is 0.176. The lowest BCUT2D eigenvalue weighted by atomic mass is 9.97. The van der Waals surface area contributed by atoms with Gasteiger partial charge in [-0.1, -0.05) is 63.3 Å². The van der Waals surface area contributed by atoms with E-state index in [-0.39, 0.29) is 6.10 Å². The second-order valence-corrected chi connectivity index (χ2v) is 6.16. The van der Waals surface area contributed by atoms with Crippen molar-refractivity contribution in [3.05, 3.63) is 34.3 Å². The van der Waals surface area contributed by atoms with Gasteiger partial charge < -0.3 is 4.74 Å². The van der Waals surface area contributed by atoms with E-state index in [2.05, 4.69) is 56.1 Å². The Morgan fingerprint density at radius 1 is 1.24 bits per heavy atom. The molecule has 1 aromatic rings. The highest BCUT2D eigenvalue weighted by Crippen LogP contribution is 2.29. The molecule has 0 aromatic heterocycles. The van der Waals surface area contributed by atoms with E-state index in [1.165, 1.54) is 37.7 Å². The topological polar surface area (TPSA) is 9.23 Å². The maximum absolute atomic E-state index is 6.21. The van der Waals surface area contributed by atoms with Crippen LogP contribution in [0.4, 0.5) is 0 Å². The van der Waals surface area contributed by atoms with Crippen LogP contribution in [0.25, 0.3) is 0 Å². The van der Waals surface area contributed by atoms with Crippen LogP contribution in [0.2, 0.25) is 0 Å². The minimum Gasteiger partial charge on any atom is -0.369 e. The van der Waals surface area contributed by atoms with Crippen molar-refractivity contribution in [2.45, 2.75) is 44.3 Å². The molecule has 0 radical (unpaired) electrons. The predicted molar refractivity (Wildman–Crippen MR) is 78.6 cm³/mol. The molecular formula is C14H18Br2O. The first-order valence-corrected chi connectivity index (χ1v) is 8.18. The maximum Gasteiger partial charge on any atom is 0.0925 e. The molecule has 0 N–H and O–H groups in total. The highest BCUT2D eigenvalue weighted by Gasteiger charge is 2.19. The van der Waals surface area contributed by atoms with Crippen LogP contribution in [-0.2, 0) is 4.74 Å². The third-order valence-electron chi connectivity index (χ3n) is 3.27. The van der Waals surface area contributed by atoms with Crippen LogP contribution in [0.15, 0.2) is 28.7 Å². The summed E-state index contributed by atoms with van der Waals surface area (Å²) in [6, 6.07) is 8.41. The van der Waals surface area contributed by atoms with Gasteiger partial charge in [-0.2, -0.15) is 0 Å². The number of rotatable bonds is 4. The van der Waals surface area contributed by atoms with Gasteiger partial charge in [0, 0.05) is 9.80 Å². The van der Waals surface area contributed by atoms with E-state index in [1.54, 1.807) is 0 Å². The summed E-state index contributed by atoms with van der Waals surface area (Å²) >= 11 is 7.08. The van der Waals surface area contributed by atoms with Crippen LogP contribution in [-0.4, -0.2) is 11.4 Å². The number of hydrogen-bond donors (Lipinski definition) is 0. The lowest BCUT2D eigenvalue weighted by Crippen LogP contribution is -2.20. The number of halogens is 2. The molecule has 1 fully saturated rings. The second kappa shape index (κ2) is 6.91. The molecule has 2 rings (SSSR count). The van der Waals surface area contributed by atoms with Gasteiger partial charge in [0.05, 0.1) is 12.2 Å². The average molecular weight is 362 g/mol. The van der Waals surface area contributed by atoms with Gasteiger partial charge in [-0.3, -0.25) is 0 Å². The van der Waals surface area contributed by atoms with E-state index in [1.807, 2.05) is 0 Å². The summed E-state index contributed by atoms with van der Waals surface area (Å²) in [4.78, 5) is 0. The number of hydrogen-bond acceptors (Lipinski definition) is 1. The van der Waals surface area contributed by atoms with Crippen molar-refractivity contribution < 1.29 is 4.74 Å². The first-order chi connectivity index (χ1) is 8.29. The van der Waals surface area contributed by atoms with Crippen LogP contribution >= 0.6 is 31.9 Å². The standard InChI is InChI=1S/C14H18Br2O/c15-10-14(11-5-4-6-12(16)9-11)17-13-7-2-1-3-8-13/h4-6,9,13-14H,1-3,7-8,10H2. The summed E-state index contributed by atoms with van der Waals surface area (Å²) < 4.78 is 7.33. The Balaban J connectivity index is 2.00. The molecule has 0 spiro atoms. The van der Waals surface area contributed by atoms with Crippen LogP contribution in [0.1, 0.15) is 43.8 Å². The largest absolute Gasteiger partial charge is 0.369 e. The molecule has 3 heteroatoms. The molecule has 1 aliphatic rings. The fourth-order valence-electron chi connectivity index (χ4n) is 2.34. The molecule has 0 amide bonds. The summed E-state index contributed by atoms with van der Waals surface area (Å²) in [5.41, 5.74) is 1.25. The molecule has 0 bridgehead atoms. The van der Waals surface area contributed by atoms with Crippen LogP contribution in [0.3, 0.4) is 0 Å². The molecule has 0 aliphatic heterocycles. The Morgan fingerprint density at radius 2 is 2.00 bits per heavy atom. The molecule has 1 aromatic carbocycles. The molecule has 1 atom stereocenters.